The molecule has 3 rings (SSSR count). The Hall–Kier alpha value is -2.05. The van der Waals surface area contributed by atoms with Crippen LogP contribution in [0.3, 0.4) is 0 Å². The topological polar surface area (TPSA) is 77.9 Å². The molecule has 1 aliphatic rings. The first-order valence-corrected chi connectivity index (χ1v) is 8.23. The first-order valence-electron chi connectivity index (χ1n) is 8.23. The Morgan fingerprint density at radius 1 is 1.42 bits per heavy atom. The maximum Gasteiger partial charge on any atom is 0.289 e. The Morgan fingerprint density at radius 3 is 2.92 bits per heavy atom. The van der Waals surface area contributed by atoms with Crippen LogP contribution in [-0.4, -0.2) is 50.3 Å². The standard InChI is InChI=1S/C18H24N2O4/c1-11-7-14-12(2)16(24-17(14)15(8-11)22-3)18(21)20-5-4-6-23-13(9-19)10-20/h7-8,13H,4-6,9-10,19H2,1-3H3. The van der Waals surface area contributed by atoms with Gasteiger partial charge < -0.3 is 24.5 Å². The monoisotopic (exact) mass is 332 g/mol. The molecule has 2 N–H and O–H groups in total. The number of carbonyl (C=O) groups excluding carboxylic acids is 1. The van der Waals surface area contributed by atoms with Crippen LogP contribution in [0.4, 0.5) is 0 Å². The first kappa shape index (κ1) is 16.8. The summed E-state index contributed by atoms with van der Waals surface area (Å²) in [5.74, 6) is 0.894. The van der Waals surface area contributed by atoms with Crippen LogP contribution in [0.2, 0.25) is 0 Å². The van der Waals surface area contributed by atoms with Gasteiger partial charge in [0.05, 0.1) is 13.2 Å². The van der Waals surface area contributed by atoms with E-state index in [9.17, 15) is 4.79 Å². The molecule has 0 spiro atoms. The van der Waals surface area contributed by atoms with Gasteiger partial charge in [-0.05, 0) is 38.0 Å². The highest BCUT2D eigenvalue weighted by Crippen LogP contribution is 2.34. The van der Waals surface area contributed by atoms with Crippen LogP contribution in [0, 0.1) is 13.8 Å². The van der Waals surface area contributed by atoms with Crippen molar-refractivity contribution in [3.8, 4) is 5.75 Å². The number of hydrogen-bond donors (Lipinski definition) is 1. The highest BCUT2D eigenvalue weighted by molar-refractivity contribution is 6.00. The van der Waals surface area contributed by atoms with E-state index in [1.807, 2.05) is 26.0 Å². The van der Waals surface area contributed by atoms with E-state index in [1.54, 1.807) is 12.0 Å². The average molecular weight is 332 g/mol. The summed E-state index contributed by atoms with van der Waals surface area (Å²) in [6, 6.07) is 3.92. The number of rotatable bonds is 3. The molecule has 1 fully saturated rings. The van der Waals surface area contributed by atoms with E-state index in [-0.39, 0.29) is 12.0 Å². The quantitative estimate of drug-likeness (QED) is 0.933. The number of fused-ring (bicyclic) bond motifs is 1. The number of ether oxygens (including phenoxy) is 2. The second kappa shape index (κ2) is 6.83. The van der Waals surface area contributed by atoms with Gasteiger partial charge in [-0.2, -0.15) is 0 Å². The number of nitrogens with zero attached hydrogens (tertiary/aromatic N) is 1. The predicted molar refractivity (Wildman–Crippen MR) is 91.6 cm³/mol. The van der Waals surface area contributed by atoms with E-state index in [4.69, 9.17) is 19.6 Å². The lowest BCUT2D eigenvalue weighted by molar-refractivity contribution is 0.0505. The fraction of sp³-hybridized carbons (Fsp3) is 0.500. The minimum absolute atomic E-state index is 0.118. The third-order valence-corrected chi connectivity index (χ3v) is 4.46. The van der Waals surface area contributed by atoms with Gasteiger partial charge in [-0.3, -0.25) is 4.79 Å². The van der Waals surface area contributed by atoms with E-state index in [1.165, 1.54) is 0 Å². The normalized spacial score (nSPS) is 18.7. The van der Waals surface area contributed by atoms with Crippen LogP contribution in [0.25, 0.3) is 11.0 Å². The number of benzene rings is 1. The number of nitrogens with two attached hydrogens (primary N) is 1. The molecule has 2 aromatic rings. The van der Waals surface area contributed by atoms with Crippen molar-refractivity contribution in [1.29, 1.82) is 0 Å². The third kappa shape index (κ3) is 2.99. The Bertz CT molecular complexity index is 753. The lowest BCUT2D eigenvalue weighted by atomic mass is 10.1. The molecule has 1 aliphatic heterocycles. The lowest BCUT2D eigenvalue weighted by Crippen LogP contribution is -2.39. The van der Waals surface area contributed by atoms with Gasteiger partial charge in [-0.1, -0.05) is 0 Å². The summed E-state index contributed by atoms with van der Waals surface area (Å²) in [6.07, 6.45) is 0.669. The van der Waals surface area contributed by atoms with Crippen molar-refractivity contribution in [2.24, 2.45) is 5.73 Å². The van der Waals surface area contributed by atoms with Crippen molar-refractivity contribution in [3.05, 3.63) is 29.0 Å². The first-order chi connectivity index (χ1) is 11.5. The summed E-state index contributed by atoms with van der Waals surface area (Å²) in [5, 5.41) is 0.914. The van der Waals surface area contributed by atoms with Crippen molar-refractivity contribution < 1.29 is 18.7 Å². The molecule has 0 radical (unpaired) electrons. The summed E-state index contributed by atoms with van der Waals surface area (Å²) in [4.78, 5) is 14.8. The van der Waals surface area contributed by atoms with E-state index in [0.29, 0.717) is 43.3 Å². The van der Waals surface area contributed by atoms with Crippen molar-refractivity contribution in [1.82, 2.24) is 4.90 Å². The molecular formula is C18H24N2O4. The predicted octanol–water partition coefficient (Wildman–Crippen LogP) is 2.25. The fourth-order valence-electron chi connectivity index (χ4n) is 3.15. The van der Waals surface area contributed by atoms with Gasteiger partial charge in [-0.15, -0.1) is 0 Å². The minimum Gasteiger partial charge on any atom is -0.493 e. The van der Waals surface area contributed by atoms with Crippen molar-refractivity contribution in [2.45, 2.75) is 26.4 Å². The lowest BCUT2D eigenvalue weighted by Gasteiger charge is -2.22. The molecule has 1 unspecified atom stereocenters. The number of aryl methyl sites for hydroxylation is 2. The maximum absolute atomic E-state index is 13.0. The Morgan fingerprint density at radius 2 is 2.21 bits per heavy atom. The van der Waals surface area contributed by atoms with Crippen molar-refractivity contribution in [3.63, 3.8) is 0 Å². The smallest absolute Gasteiger partial charge is 0.289 e. The van der Waals surface area contributed by atoms with Gasteiger partial charge in [0.25, 0.3) is 5.91 Å². The molecule has 1 aromatic carbocycles. The van der Waals surface area contributed by atoms with Gasteiger partial charge in [0.15, 0.2) is 17.1 Å². The van der Waals surface area contributed by atoms with Crippen molar-refractivity contribution in [2.75, 3.05) is 33.4 Å². The van der Waals surface area contributed by atoms with Gasteiger partial charge in [0.2, 0.25) is 0 Å². The Balaban J connectivity index is 1.99. The molecule has 1 saturated heterocycles. The molecule has 130 valence electrons. The minimum atomic E-state index is -0.127. The second-order valence-corrected chi connectivity index (χ2v) is 6.23. The Labute approximate surface area is 141 Å². The number of amides is 1. The van der Waals surface area contributed by atoms with Crippen LogP contribution in [0.1, 0.15) is 28.1 Å². The molecule has 1 atom stereocenters. The van der Waals surface area contributed by atoms with Crippen LogP contribution in [0.5, 0.6) is 5.75 Å². The van der Waals surface area contributed by atoms with Crippen molar-refractivity contribution >= 4 is 16.9 Å². The fourth-order valence-corrected chi connectivity index (χ4v) is 3.15. The second-order valence-electron chi connectivity index (χ2n) is 6.23. The zero-order valence-corrected chi connectivity index (χ0v) is 14.4. The molecule has 2 heterocycles. The molecule has 0 aliphatic carbocycles. The van der Waals surface area contributed by atoms with E-state index < -0.39 is 0 Å². The van der Waals surface area contributed by atoms with Gasteiger partial charge in [0, 0.05) is 37.2 Å². The van der Waals surface area contributed by atoms with E-state index in [0.717, 1.165) is 22.9 Å². The summed E-state index contributed by atoms with van der Waals surface area (Å²) in [7, 11) is 1.60. The highest BCUT2D eigenvalue weighted by Gasteiger charge is 2.27. The summed E-state index contributed by atoms with van der Waals surface area (Å²) < 4.78 is 17.0. The molecular weight excluding hydrogens is 308 g/mol. The molecule has 0 saturated carbocycles. The van der Waals surface area contributed by atoms with Crippen LogP contribution < -0.4 is 10.5 Å². The highest BCUT2D eigenvalue weighted by atomic mass is 16.5. The third-order valence-electron chi connectivity index (χ3n) is 4.46. The maximum atomic E-state index is 13.0. The zero-order chi connectivity index (χ0) is 17.3. The zero-order valence-electron chi connectivity index (χ0n) is 14.4. The Kier molecular flexibility index (Phi) is 4.78. The van der Waals surface area contributed by atoms with Crippen LogP contribution >= 0.6 is 0 Å². The van der Waals surface area contributed by atoms with E-state index in [2.05, 4.69) is 0 Å². The number of carbonyl (C=O) groups is 1. The number of hydrogen-bond acceptors (Lipinski definition) is 5. The number of methoxy groups -OCH3 is 1. The molecule has 6 heteroatoms. The van der Waals surface area contributed by atoms with Crippen LogP contribution in [-0.2, 0) is 4.74 Å². The largest absolute Gasteiger partial charge is 0.493 e. The molecule has 24 heavy (non-hydrogen) atoms. The molecule has 1 aromatic heterocycles. The van der Waals surface area contributed by atoms with Gasteiger partial charge in [-0.25, -0.2) is 0 Å². The van der Waals surface area contributed by atoms with Gasteiger partial charge in [0.1, 0.15) is 0 Å². The molecule has 0 bridgehead atoms. The number of furan rings is 1. The SMILES string of the molecule is COc1cc(C)cc2c(C)c(C(=O)N3CCCOC(CN)C3)oc12. The summed E-state index contributed by atoms with van der Waals surface area (Å²) >= 11 is 0. The molecule has 1 amide bonds. The molecule has 6 nitrogen and oxygen atoms in total. The van der Waals surface area contributed by atoms with Gasteiger partial charge >= 0.3 is 0 Å². The summed E-state index contributed by atoms with van der Waals surface area (Å²) in [6.45, 7) is 6.05. The van der Waals surface area contributed by atoms with E-state index >= 15 is 0 Å². The summed E-state index contributed by atoms with van der Waals surface area (Å²) in [5.41, 5.74) is 8.24. The van der Waals surface area contributed by atoms with Crippen LogP contribution in [0.15, 0.2) is 16.5 Å². The average Bonchev–Trinajstić information content (AvgIpc) is 2.77.